The molecule has 0 saturated heterocycles. The van der Waals surface area contributed by atoms with Crippen molar-refractivity contribution in [1.29, 1.82) is 0 Å². The molecule has 0 aromatic rings. The minimum Gasteiger partial charge on any atom is -0.356 e. The summed E-state index contributed by atoms with van der Waals surface area (Å²) >= 11 is 0. The van der Waals surface area contributed by atoms with E-state index in [1.807, 2.05) is 10.8 Å². The number of carbonyl (C=O) groups excluding carboxylic acids is 1. The second-order valence-electron chi connectivity index (χ2n) is 17.1. The third kappa shape index (κ3) is 10.4. The minimum atomic E-state index is 0.0620. The Morgan fingerprint density at radius 3 is 2.43 bits per heavy atom. The molecule has 6 N–H and O–H groups in total. The molecule has 0 aliphatic heterocycles. The fourth-order valence-corrected chi connectivity index (χ4v) is 13.7. The average molecular weight is 691 g/mol. The summed E-state index contributed by atoms with van der Waals surface area (Å²) < 4.78 is 0. The number of hydrogen-bond acceptors (Lipinski definition) is 6. The molecule has 0 spiro atoms. The van der Waals surface area contributed by atoms with E-state index in [0.717, 1.165) is 99.5 Å². The van der Waals surface area contributed by atoms with Gasteiger partial charge in [-0.25, -0.2) is 0 Å². The number of allylic oxidation sites excluding steroid dienone is 2. The van der Waals surface area contributed by atoms with E-state index in [0.29, 0.717) is 22.6 Å². The van der Waals surface area contributed by atoms with Crippen LogP contribution in [0.15, 0.2) is 11.6 Å². The molecule has 4 rings (SSSR count). The van der Waals surface area contributed by atoms with E-state index in [4.69, 9.17) is 11.5 Å². The normalized spacial score (nSPS) is 33.1. The number of carbonyl (C=O) groups is 1. The van der Waals surface area contributed by atoms with Gasteiger partial charge < -0.3 is 22.1 Å². The molecule has 47 heavy (non-hydrogen) atoms. The third-order valence-electron chi connectivity index (χ3n) is 13.5. The van der Waals surface area contributed by atoms with Gasteiger partial charge in [0.2, 0.25) is 5.91 Å². The van der Waals surface area contributed by atoms with E-state index in [1.165, 1.54) is 70.6 Å². The van der Waals surface area contributed by atoms with E-state index in [1.54, 1.807) is 5.57 Å². The Hall–Kier alpha value is -0.210. The Morgan fingerprint density at radius 1 is 0.894 bits per heavy atom. The lowest BCUT2D eigenvalue weighted by atomic mass is 9.47. The van der Waals surface area contributed by atoms with Crippen molar-refractivity contribution in [2.75, 3.05) is 38.5 Å². The number of amides is 1. The highest BCUT2D eigenvalue weighted by Gasteiger charge is 2.59. The molecule has 0 radical (unpaired) electrons. The van der Waals surface area contributed by atoms with Crippen molar-refractivity contribution in [3.63, 3.8) is 0 Å². The largest absolute Gasteiger partial charge is 0.356 e. The standard InChI is InChI=1S/C40H74N4OS2/c1-29(2)11-8-12-30(3)35-16-17-36-34-15-14-32-27-33(18-20-39(32,4)37(34)19-21-40(35,36)5)47-46-28-31(13-9-22-41)38(45)44-26-7-6-24-43-25-10-23-42/h14,29-31,33-37,43H,6-13,15-28,41-42H2,1-5H3,(H,44,45)/t30-,31?,33+,34+,35-,36+,37+,39+,40-/m1/s1. The summed E-state index contributed by atoms with van der Waals surface area (Å²) in [4.78, 5) is 13.1. The first-order chi connectivity index (χ1) is 22.6. The van der Waals surface area contributed by atoms with Gasteiger partial charge in [-0.05, 0) is 156 Å². The van der Waals surface area contributed by atoms with Crippen molar-refractivity contribution < 1.29 is 4.79 Å². The molecular weight excluding hydrogens is 617 g/mol. The molecular formula is C40H74N4OS2. The summed E-state index contributed by atoms with van der Waals surface area (Å²) in [5.74, 6) is 6.57. The zero-order valence-corrected chi connectivity index (χ0v) is 32.8. The molecule has 1 amide bonds. The predicted octanol–water partition coefficient (Wildman–Crippen LogP) is 8.97. The van der Waals surface area contributed by atoms with Crippen LogP contribution in [0.5, 0.6) is 0 Å². The Bertz CT molecular complexity index is 976. The Kier molecular flexibility index (Phi) is 16.3. The Labute approximate surface area is 298 Å². The first-order valence-electron chi connectivity index (χ1n) is 20.0. The highest BCUT2D eigenvalue weighted by molar-refractivity contribution is 8.76. The van der Waals surface area contributed by atoms with Gasteiger partial charge in [0, 0.05) is 23.5 Å². The number of unbranched alkanes of at least 4 members (excludes halogenated alkanes) is 1. The van der Waals surface area contributed by atoms with E-state index >= 15 is 0 Å². The molecule has 0 heterocycles. The van der Waals surface area contributed by atoms with Gasteiger partial charge in [-0.2, -0.15) is 0 Å². The van der Waals surface area contributed by atoms with E-state index in [-0.39, 0.29) is 11.8 Å². The molecule has 4 aliphatic carbocycles. The van der Waals surface area contributed by atoms with Gasteiger partial charge in [0.25, 0.3) is 0 Å². The Balaban J connectivity index is 1.24. The van der Waals surface area contributed by atoms with Crippen LogP contribution in [0.1, 0.15) is 137 Å². The summed E-state index contributed by atoms with van der Waals surface area (Å²) in [5, 5.41) is 7.33. The fourth-order valence-electron chi connectivity index (χ4n) is 10.7. The van der Waals surface area contributed by atoms with Crippen LogP contribution in [-0.2, 0) is 4.79 Å². The van der Waals surface area contributed by atoms with Gasteiger partial charge in [0.05, 0.1) is 0 Å². The van der Waals surface area contributed by atoms with Crippen LogP contribution in [0, 0.1) is 52.3 Å². The molecule has 3 saturated carbocycles. The lowest BCUT2D eigenvalue weighted by molar-refractivity contribution is -0.124. The molecule has 272 valence electrons. The SMILES string of the molecule is CC(C)CCC[C@@H](C)[C@H]1CC[C@H]2[C@@H]3CC=C4C[C@@H](SSCC(CCCN)C(=O)NCCCCNCCCN)CC[C@]4(C)[C@H]3CC[C@]12C. The van der Waals surface area contributed by atoms with Crippen LogP contribution >= 0.6 is 21.6 Å². The molecule has 7 heteroatoms. The second kappa shape index (κ2) is 19.4. The summed E-state index contributed by atoms with van der Waals surface area (Å²) in [6.07, 6.45) is 23.1. The van der Waals surface area contributed by atoms with Crippen molar-refractivity contribution >= 4 is 27.5 Å². The summed E-state index contributed by atoms with van der Waals surface area (Å²) in [6.45, 7) is 16.9. The van der Waals surface area contributed by atoms with Crippen LogP contribution in [0.4, 0.5) is 0 Å². The van der Waals surface area contributed by atoms with Crippen LogP contribution < -0.4 is 22.1 Å². The van der Waals surface area contributed by atoms with Crippen molar-refractivity contribution in [3.05, 3.63) is 11.6 Å². The maximum absolute atomic E-state index is 13.1. The third-order valence-corrected chi connectivity index (χ3v) is 16.5. The van der Waals surface area contributed by atoms with Crippen molar-refractivity contribution in [3.8, 4) is 0 Å². The summed E-state index contributed by atoms with van der Waals surface area (Å²) in [5.41, 5.74) is 14.2. The van der Waals surface area contributed by atoms with Gasteiger partial charge >= 0.3 is 0 Å². The molecule has 5 nitrogen and oxygen atoms in total. The lowest BCUT2D eigenvalue weighted by Gasteiger charge is -2.58. The predicted molar refractivity (Wildman–Crippen MR) is 207 cm³/mol. The molecule has 1 unspecified atom stereocenters. The lowest BCUT2D eigenvalue weighted by Crippen LogP contribution is -2.50. The van der Waals surface area contributed by atoms with Crippen LogP contribution in [-0.4, -0.2) is 49.6 Å². The highest BCUT2D eigenvalue weighted by atomic mass is 33.1. The number of nitrogens with two attached hydrogens (primary N) is 2. The molecule has 3 fully saturated rings. The van der Waals surface area contributed by atoms with Crippen molar-refractivity contribution in [2.45, 2.75) is 143 Å². The molecule has 4 aliphatic rings. The van der Waals surface area contributed by atoms with Crippen LogP contribution in [0.2, 0.25) is 0 Å². The maximum Gasteiger partial charge on any atom is 0.223 e. The molecule has 0 bridgehead atoms. The highest BCUT2D eigenvalue weighted by Crippen LogP contribution is 2.67. The number of hydrogen-bond donors (Lipinski definition) is 4. The van der Waals surface area contributed by atoms with Crippen LogP contribution in [0.3, 0.4) is 0 Å². The van der Waals surface area contributed by atoms with Crippen molar-refractivity contribution in [1.82, 2.24) is 10.6 Å². The van der Waals surface area contributed by atoms with Crippen LogP contribution in [0.25, 0.3) is 0 Å². The summed E-state index contributed by atoms with van der Waals surface area (Å²) in [6, 6.07) is 0. The van der Waals surface area contributed by atoms with Gasteiger partial charge in [-0.15, -0.1) is 0 Å². The van der Waals surface area contributed by atoms with Gasteiger partial charge in [-0.1, -0.05) is 87.1 Å². The summed E-state index contributed by atoms with van der Waals surface area (Å²) in [7, 11) is 4.03. The second-order valence-corrected chi connectivity index (χ2v) is 19.8. The average Bonchev–Trinajstić information content (AvgIpc) is 3.41. The zero-order valence-electron chi connectivity index (χ0n) is 31.1. The molecule has 9 atom stereocenters. The maximum atomic E-state index is 13.1. The fraction of sp³-hybridized carbons (Fsp3) is 0.925. The first kappa shape index (κ1) is 39.6. The first-order valence-corrected chi connectivity index (χ1v) is 22.4. The van der Waals surface area contributed by atoms with Gasteiger partial charge in [0.1, 0.15) is 0 Å². The van der Waals surface area contributed by atoms with E-state index in [9.17, 15) is 4.79 Å². The van der Waals surface area contributed by atoms with Crippen molar-refractivity contribution in [2.24, 2.45) is 63.7 Å². The van der Waals surface area contributed by atoms with Gasteiger partial charge in [-0.3, -0.25) is 4.79 Å². The topological polar surface area (TPSA) is 93.2 Å². The van der Waals surface area contributed by atoms with Gasteiger partial charge in [0.15, 0.2) is 0 Å². The number of rotatable bonds is 21. The monoisotopic (exact) mass is 691 g/mol. The smallest absolute Gasteiger partial charge is 0.223 e. The molecule has 0 aromatic heterocycles. The minimum absolute atomic E-state index is 0.0620. The Morgan fingerprint density at radius 2 is 1.66 bits per heavy atom. The van der Waals surface area contributed by atoms with E-state index < -0.39 is 0 Å². The molecule has 0 aromatic carbocycles. The quantitative estimate of drug-likeness (QED) is 0.0546. The number of nitrogens with one attached hydrogen (secondary N) is 2. The zero-order chi connectivity index (χ0) is 33.9. The number of fused-ring (bicyclic) bond motifs is 5. The van der Waals surface area contributed by atoms with E-state index in [2.05, 4.69) is 62.1 Å².